The van der Waals surface area contributed by atoms with Crippen molar-refractivity contribution in [1.82, 2.24) is 10.5 Å². The number of halogens is 1. The van der Waals surface area contributed by atoms with Gasteiger partial charge in [-0.1, -0.05) is 0 Å². The second-order valence-corrected chi connectivity index (χ2v) is 4.96. The van der Waals surface area contributed by atoms with Gasteiger partial charge in [0, 0.05) is 23.4 Å². The van der Waals surface area contributed by atoms with Crippen LogP contribution in [0.15, 0.2) is 22.9 Å². The number of nitrogens with one attached hydrogen (secondary N) is 1. The van der Waals surface area contributed by atoms with Crippen LogP contribution in [0.4, 0.5) is 0 Å². The molecule has 0 unspecified atom stereocenters. The summed E-state index contributed by atoms with van der Waals surface area (Å²) in [6.07, 6.45) is 3.57. The summed E-state index contributed by atoms with van der Waals surface area (Å²) in [6, 6.07) is 2.01. The van der Waals surface area contributed by atoms with Crippen molar-refractivity contribution < 1.29 is 4.84 Å². The molecule has 78 valence electrons. The Bertz CT molecular complexity index is 296. The lowest BCUT2D eigenvalue weighted by Crippen LogP contribution is -2.28. The molecular formula is C10H15BrN2O. The van der Waals surface area contributed by atoms with E-state index in [0.717, 1.165) is 10.0 Å². The molecule has 0 amide bonds. The van der Waals surface area contributed by atoms with Gasteiger partial charge in [0.15, 0.2) is 0 Å². The second kappa shape index (κ2) is 4.87. The molecule has 0 saturated heterocycles. The summed E-state index contributed by atoms with van der Waals surface area (Å²) in [5.74, 6) is 0. The van der Waals surface area contributed by atoms with Crippen molar-refractivity contribution in [3.05, 3.63) is 28.5 Å². The standard InChI is InChI=1S/C10H15BrN2O/c1-10(2,3)14-13-6-8-4-9(11)7-12-5-8/h4-5,7,13H,6H2,1-3H3. The average molecular weight is 259 g/mol. The minimum Gasteiger partial charge on any atom is -0.296 e. The van der Waals surface area contributed by atoms with Gasteiger partial charge in [-0.25, -0.2) is 0 Å². The smallest absolute Gasteiger partial charge is 0.0813 e. The average Bonchev–Trinajstić information content (AvgIpc) is 2.01. The summed E-state index contributed by atoms with van der Waals surface area (Å²) < 4.78 is 0.979. The van der Waals surface area contributed by atoms with E-state index < -0.39 is 0 Å². The van der Waals surface area contributed by atoms with E-state index >= 15 is 0 Å². The summed E-state index contributed by atoms with van der Waals surface area (Å²) >= 11 is 3.36. The Morgan fingerprint density at radius 2 is 2.14 bits per heavy atom. The molecule has 0 aliphatic heterocycles. The lowest BCUT2D eigenvalue weighted by molar-refractivity contribution is -0.0758. The molecular weight excluding hydrogens is 244 g/mol. The van der Waals surface area contributed by atoms with Gasteiger partial charge in [-0.05, 0) is 48.3 Å². The van der Waals surface area contributed by atoms with Crippen LogP contribution < -0.4 is 5.48 Å². The summed E-state index contributed by atoms with van der Waals surface area (Å²) in [4.78, 5) is 9.44. The lowest BCUT2D eigenvalue weighted by Gasteiger charge is -2.19. The molecule has 0 saturated carbocycles. The Balaban J connectivity index is 2.39. The van der Waals surface area contributed by atoms with E-state index in [9.17, 15) is 0 Å². The van der Waals surface area contributed by atoms with Gasteiger partial charge in [-0.3, -0.25) is 9.82 Å². The summed E-state index contributed by atoms with van der Waals surface area (Å²) in [5, 5.41) is 0. The molecule has 3 nitrogen and oxygen atoms in total. The number of hydrogen-bond acceptors (Lipinski definition) is 3. The first-order chi connectivity index (χ1) is 6.47. The van der Waals surface area contributed by atoms with Gasteiger partial charge in [-0.15, -0.1) is 0 Å². The molecule has 0 spiro atoms. The fourth-order valence-corrected chi connectivity index (χ4v) is 1.30. The van der Waals surface area contributed by atoms with E-state index in [1.165, 1.54) is 0 Å². The van der Waals surface area contributed by atoms with Gasteiger partial charge in [0.2, 0.25) is 0 Å². The van der Waals surface area contributed by atoms with Crippen molar-refractivity contribution in [2.75, 3.05) is 0 Å². The van der Waals surface area contributed by atoms with Crippen LogP contribution in [0.3, 0.4) is 0 Å². The van der Waals surface area contributed by atoms with Crippen LogP contribution in [-0.4, -0.2) is 10.6 Å². The minimum absolute atomic E-state index is 0.167. The highest BCUT2D eigenvalue weighted by Gasteiger charge is 2.09. The summed E-state index contributed by atoms with van der Waals surface area (Å²) in [7, 11) is 0. The van der Waals surface area contributed by atoms with Gasteiger partial charge >= 0.3 is 0 Å². The molecule has 1 N–H and O–H groups in total. The van der Waals surface area contributed by atoms with Crippen molar-refractivity contribution in [2.24, 2.45) is 0 Å². The van der Waals surface area contributed by atoms with Crippen molar-refractivity contribution in [3.63, 3.8) is 0 Å². The van der Waals surface area contributed by atoms with E-state index in [1.807, 2.05) is 33.0 Å². The summed E-state index contributed by atoms with van der Waals surface area (Å²) in [5.41, 5.74) is 3.83. The molecule has 0 bridgehead atoms. The topological polar surface area (TPSA) is 34.1 Å². The largest absolute Gasteiger partial charge is 0.296 e. The molecule has 0 radical (unpaired) electrons. The third-order valence-electron chi connectivity index (χ3n) is 1.42. The van der Waals surface area contributed by atoms with Crippen LogP contribution in [0.2, 0.25) is 0 Å². The van der Waals surface area contributed by atoms with Gasteiger partial charge in [0.05, 0.1) is 5.60 Å². The fourth-order valence-electron chi connectivity index (χ4n) is 0.888. The highest BCUT2D eigenvalue weighted by Crippen LogP contribution is 2.10. The Hall–Kier alpha value is -0.450. The van der Waals surface area contributed by atoms with E-state index in [2.05, 4.69) is 26.4 Å². The zero-order valence-electron chi connectivity index (χ0n) is 8.67. The van der Waals surface area contributed by atoms with Crippen LogP contribution in [0.1, 0.15) is 26.3 Å². The molecule has 14 heavy (non-hydrogen) atoms. The predicted molar refractivity (Wildman–Crippen MR) is 59.6 cm³/mol. The molecule has 1 rings (SSSR count). The quantitative estimate of drug-likeness (QED) is 0.847. The molecule has 4 heteroatoms. The van der Waals surface area contributed by atoms with Gasteiger partial charge in [0.25, 0.3) is 0 Å². The number of aromatic nitrogens is 1. The van der Waals surface area contributed by atoms with E-state index in [0.29, 0.717) is 6.54 Å². The number of pyridine rings is 1. The van der Waals surface area contributed by atoms with E-state index in [1.54, 1.807) is 6.20 Å². The third kappa shape index (κ3) is 4.69. The molecule has 1 aromatic heterocycles. The first-order valence-electron chi connectivity index (χ1n) is 4.48. The van der Waals surface area contributed by atoms with Crippen LogP contribution in [0.5, 0.6) is 0 Å². The predicted octanol–water partition coefficient (Wildman–Crippen LogP) is 2.66. The molecule has 0 atom stereocenters. The Labute approximate surface area is 93.0 Å². The molecule has 1 aromatic rings. The SMILES string of the molecule is CC(C)(C)ONCc1cncc(Br)c1. The van der Waals surface area contributed by atoms with Crippen LogP contribution in [-0.2, 0) is 11.4 Å². The van der Waals surface area contributed by atoms with Crippen LogP contribution in [0, 0.1) is 0 Å². The van der Waals surface area contributed by atoms with Crippen LogP contribution >= 0.6 is 15.9 Å². The first-order valence-corrected chi connectivity index (χ1v) is 5.27. The summed E-state index contributed by atoms with van der Waals surface area (Å²) in [6.45, 7) is 6.65. The van der Waals surface area contributed by atoms with E-state index in [4.69, 9.17) is 4.84 Å². The lowest BCUT2D eigenvalue weighted by atomic mass is 10.2. The maximum Gasteiger partial charge on any atom is 0.0813 e. The van der Waals surface area contributed by atoms with Gasteiger partial charge in [0.1, 0.15) is 0 Å². The maximum absolute atomic E-state index is 5.38. The first kappa shape index (κ1) is 11.6. The van der Waals surface area contributed by atoms with Crippen molar-refractivity contribution in [2.45, 2.75) is 32.9 Å². The molecule has 1 heterocycles. The normalized spacial score (nSPS) is 11.7. The highest BCUT2D eigenvalue weighted by atomic mass is 79.9. The van der Waals surface area contributed by atoms with E-state index in [-0.39, 0.29) is 5.60 Å². The Morgan fingerprint density at radius 3 is 2.71 bits per heavy atom. The van der Waals surface area contributed by atoms with Crippen LogP contribution in [0.25, 0.3) is 0 Å². The highest BCUT2D eigenvalue weighted by molar-refractivity contribution is 9.10. The number of hydroxylamine groups is 1. The Morgan fingerprint density at radius 1 is 1.43 bits per heavy atom. The number of nitrogens with zero attached hydrogens (tertiary/aromatic N) is 1. The monoisotopic (exact) mass is 258 g/mol. The maximum atomic E-state index is 5.38. The molecule has 0 aliphatic rings. The Kier molecular flexibility index (Phi) is 4.04. The zero-order valence-corrected chi connectivity index (χ0v) is 10.3. The molecule has 0 aromatic carbocycles. The zero-order chi connectivity index (χ0) is 10.6. The van der Waals surface area contributed by atoms with Gasteiger partial charge < -0.3 is 0 Å². The van der Waals surface area contributed by atoms with Crippen molar-refractivity contribution in [1.29, 1.82) is 0 Å². The second-order valence-electron chi connectivity index (χ2n) is 4.05. The molecule has 0 fully saturated rings. The number of hydrogen-bond donors (Lipinski definition) is 1. The fraction of sp³-hybridized carbons (Fsp3) is 0.500. The van der Waals surface area contributed by atoms with Crippen molar-refractivity contribution in [3.8, 4) is 0 Å². The van der Waals surface area contributed by atoms with Crippen molar-refractivity contribution >= 4 is 15.9 Å². The number of rotatable bonds is 3. The molecule has 0 aliphatic carbocycles. The third-order valence-corrected chi connectivity index (χ3v) is 1.85. The minimum atomic E-state index is -0.167. The van der Waals surface area contributed by atoms with Gasteiger partial charge in [-0.2, -0.15) is 5.48 Å².